The van der Waals surface area contributed by atoms with Crippen LogP contribution in [0.1, 0.15) is 5.56 Å². The molecule has 1 aliphatic heterocycles. The first-order valence-electron chi connectivity index (χ1n) is 5.70. The van der Waals surface area contributed by atoms with Gasteiger partial charge in [-0.2, -0.15) is 17.5 Å². The van der Waals surface area contributed by atoms with Crippen molar-refractivity contribution in [3.63, 3.8) is 0 Å². The van der Waals surface area contributed by atoms with E-state index in [0.717, 1.165) is 12.1 Å². The van der Waals surface area contributed by atoms with Gasteiger partial charge in [0.2, 0.25) is 10.0 Å². The molecule has 1 aliphatic rings. The largest absolute Gasteiger partial charge is 0.416 e. The van der Waals surface area contributed by atoms with Gasteiger partial charge >= 0.3 is 6.18 Å². The van der Waals surface area contributed by atoms with Gasteiger partial charge in [-0.05, 0) is 18.2 Å². The number of benzene rings is 1. The highest BCUT2D eigenvalue weighted by atomic mass is 32.2. The molecule has 0 atom stereocenters. The Balaban J connectivity index is 2.35. The van der Waals surface area contributed by atoms with Gasteiger partial charge in [0, 0.05) is 26.2 Å². The van der Waals surface area contributed by atoms with E-state index in [0.29, 0.717) is 19.2 Å². The molecule has 19 heavy (non-hydrogen) atoms. The summed E-state index contributed by atoms with van der Waals surface area (Å²) in [5.74, 6) is 0. The maximum absolute atomic E-state index is 12.6. The van der Waals surface area contributed by atoms with Gasteiger partial charge in [0.1, 0.15) is 0 Å². The smallest absolute Gasteiger partial charge is 0.314 e. The SMILES string of the molecule is O=S(=O)(c1cccc(C(F)(F)F)c1)N1CCNCC1. The number of sulfonamides is 1. The molecule has 0 aliphatic carbocycles. The van der Waals surface area contributed by atoms with Gasteiger partial charge in [0.05, 0.1) is 10.5 Å². The lowest BCUT2D eigenvalue weighted by molar-refractivity contribution is -0.137. The predicted octanol–water partition coefficient (Wildman–Crippen LogP) is 1.30. The number of hydrogen-bond donors (Lipinski definition) is 1. The molecule has 8 heteroatoms. The molecule has 0 amide bonds. The van der Waals surface area contributed by atoms with Crippen LogP contribution in [0.2, 0.25) is 0 Å². The zero-order valence-electron chi connectivity index (χ0n) is 9.94. The second-order valence-corrected chi connectivity index (χ2v) is 6.12. The summed E-state index contributed by atoms with van der Waals surface area (Å²) in [5, 5.41) is 2.99. The third-order valence-electron chi connectivity index (χ3n) is 2.88. The van der Waals surface area contributed by atoms with Gasteiger partial charge in [-0.25, -0.2) is 8.42 Å². The van der Waals surface area contributed by atoms with Gasteiger partial charge in [-0.3, -0.25) is 0 Å². The molecule has 0 radical (unpaired) electrons. The predicted molar refractivity (Wildman–Crippen MR) is 63.1 cm³/mol. The number of nitrogens with one attached hydrogen (secondary N) is 1. The maximum Gasteiger partial charge on any atom is 0.416 e. The van der Waals surface area contributed by atoms with Crippen LogP contribution in [-0.2, 0) is 16.2 Å². The Hall–Kier alpha value is -1.12. The summed E-state index contributed by atoms with van der Waals surface area (Å²) in [4.78, 5) is -0.316. The van der Waals surface area contributed by atoms with E-state index < -0.39 is 21.8 Å². The van der Waals surface area contributed by atoms with Crippen LogP contribution in [0.5, 0.6) is 0 Å². The first-order valence-corrected chi connectivity index (χ1v) is 7.14. The number of piperazine rings is 1. The normalized spacial score (nSPS) is 18.5. The lowest BCUT2D eigenvalue weighted by Gasteiger charge is -2.26. The summed E-state index contributed by atoms with van der Waals surface area (Å²) in [6.07, 6.45) is -4.55. The second kappa shape index (κ2) is 5.10. The van der Waals surface area contributed by atoms with E-state index in [2.05, 4.69) is 5.32 Å². The molecule has 0 aromatic heterocycles. The van der Waals surface area contributed by atoms with E-state index >= 15 is 0 Å². The maximum atomic E-state index is 12.6. The average molecular weight is 294 g/mol. The zero-order chi connectivity index (χ0) is 14.1. The standard InChI is InChI=1S/C11H13F3N2O2S/c12-11(13,14)9-2-1-3-10(8-9)19(17,18)16-6-4-15-5-7-16/h1-3,8,15H,4-7H2. The van der Waals surface area contributed by atoms with E-state index in [-0.39, 0.29) is 18.0 Å². The molecule has 106 valence electrons. The van der Waals surface area contributed by atoms with Crippen molar-refractivity contribution in [1.82, 2.24) is 9.62 Å². The van der Waals surface area contributed by atoms with Crippen molar-refractivity contribution in [3.05, 3.63) is 29.8 Å². The van der Waals surface area contributed by atoms with Gasteiger partial charge in [-0.15, -0.1) is 0 Å². The van der Waals surface area contributed by atoms with Crippen LogP contribution < -0.4 is 5.32 Å². The highest BCUT2D eigenvalue weighted by Crippen LogP contribution is 2.31. The molecule has 0 bridgehead atoms. The van der Waals surface area contributed by atoms with Crippen LogP contribution in [0.15, 0.2) is 29.2 Å². The van der Waals surface area contributed by atoms with E-state index in [4.69, 9.17) is 0 Å². The fourth-order valence-corrected chi connectivity index (χ4v) is 3.35. The zero-order valence-corrected chi connectivity index (χ0v) is 10.8. The fraction of sp³-hybridized carbons (Fsp3) is 0.455. The third kappa shape index (κ3) is 3.07. The second-order valence-electron chi connectivity index (χ2n) is 4.18. The van der Waals surface area contributed by atoms with Crippen molar-refractivity contribution < 1.29 is 21.6 Å². The van der Waals surface area contributed by atoms with Crippen molar-refractivity contribution in [2.75, 3.05) is 26.2 Å². The van der Waals surface area contributed by atoms with Crippen LogP contribution >= 0.6 is 0 Å². The van der Waals surface area contributed by atoms with Crippen molar-refractivity contribution in [2.24, 2.45) is 0 Å². The average Bonchev–Trinajstić information content (AvgIpc) is 2.39. The molecule has 1 N–H and O–H groups in total. The van der Waals surface area contributed by atoms with Crippen LogP contribution in [0.25, 0.3) is 0 Å². The minimum absolute atomic E-state index is 0.262. The monoisotopic (exact) mass is 294 g/mol. The number of rotatable bonds is 2. The topological polar surface area (TPSA) is 49.4 Å². The molecule has 1 heterocycles. The Morgan fingerprint density at radius 2 is 1.79 bits per heavy atom. The molecule has 0 saturated carbocycles. The number of nitrogens with zero attached hydrogens (tertiary/aromatic N) is 1. The van der Waals surface area contributed by atoms with Crippen LogP contribution in [0.4, 0.5) is 13.2 Å². The molecule has 1 aromatic carbocycles. The van der Waals surface area contributed by atoms with Crippen molar-refractivity contribution >= 4 is 10.0 Å². The quantitative estimate of drug-likeness (QED) is 0.894. The Bertz CT molecular complexity index is 551. The summed E-state index contributed by atoms with van der Waals surface area (Å²) >= 11 is 0. The summed E-state index contributed by atoms with van der Waals surface area (Å²) < 4.78 is 63.3. The van der Waals surface area contributed by atoms with Gasteiger partial charge in [-0.1, -0.05) is 6.07 Å². The Morgan fingerprint density at radius 3 is 2.37 bits per heavy atom. The lowest BCUT2D eigenvalue weighted by Crippen LogP contribution is -2.46. The van der Waals surface area contributed by atoms with Crippen molar-refractivity contribution in [3.8, 4) is 0 Å². The van der Waals surface area contributed by atoms with E-state index in [1.54, 1.807) is 0 Å². The minimum Gasteiger partial charge on any atom is -0.314 e. The number of hydrogen-bond acceptors (Lipinski definition) is 3. The molecule has 4 nitrogen and oxygen atoms in total. The minimum atomic E-state index is -4.55. The first kappa shape index (κ1) is 14.3. The lowest BCUT2D eigenvalue weighted by atomic mass is 10.2. The molecule has 1 saturated heterocycles. The molecule has 1 aromatic rings. The van der Waals surface area contributed by atoms with Gasteiger partial charge < -0.3 is 5.32 Å². The Labute approximate surface area is 109 Å². The van der Waals surface area contributed by atoms with E-state index in [9.17, 15) is 21.6 Å². The van der Waals surface area contributed by atoms with Gasteiger partial charge in [0.25, 0.3) is 0 Å². The molecular weight excluding hydrogens is 281 g/mol. The number of alkyl halides is 3. The highest BCUT2D eigenvalue weighted by Gasteiger charge is 2.33. The molecular formula is C11H13F3N2O2S. The summed E-state index contributed by atoms with van der Waals surface area (Å²) in [6, 6.07) is 3.83. The first-order chi connectivity index (χ1) is 8.82. The van der Waals surface area contributed by atoms with Crippen molar-refractivity contribution in [1.29, 1.82) is 0 Å². The Morgan fingerprint density at radius 1 is 1.16 bits per heavy atom. The Kier molecular flexibility index (Phi) is 3.84. The summed E-state index contributed by atoms with van der Waals surface area (Å²) in [5.41, 5.74) is -0.955. The molecule has 1 fully saturated rings. The summed E-state index contributed by atoms with van der Waals surface area (Å²) in [7, 11) is -3.85. The van der Waals surface area contributed by atoms with Crippen LogP contribution in [0, 0.1) is 0 Å². The van der Waals surface area contributed by atoms with E-state index in [1.165, 1.54) is 10.4 Å². The third-order valence-corrected chi connectivity index (χ3v) is 4.77. The summed E-state index contributed by atoms with van der Waals surface area (Å²) in [6.45, 7) is 1.52. The van der Waals surface area contributed by atoms with Crippen molar-refractivity contribution in [2.45, 2.75) is 11.1 Å². The van der Waals surface area contributed by atoms with Crippen LogP contribution in [0.3, 0.4) is 0 Å². The van der Waals surface area contributed by atoms with Crippen LogP contribution in [-0.4, -0.2) is 38.9 Å². The molecule has 0 unspecified atom stereocenters. The van der Waals surface area contributed by atoms with E-state index in [1.807, 2.05) is 0 Å². The molecule has 0 spiro atoms. The highest BCUT2D eigenvalue weighted by molar-refractivity contribution is 7.89. The fourth-order valence-electron chi connectivity index (χ4n) is 1.87. The molecule has 2 rings (SSSR count). The van der Waals surface area contributed by atoms with Gasteiger partial charge in [0.15, 0.2) is 0 Å². The number of halogens is 3.